The fraction of sp³-hybridized carbons (Fsp3) is 0.250. The number of ether oxygens (including phenoxy) is 1. The van der Waals surface area contributed by atoms with Crippen molar-refractivity contribution < 1.29 is 19.0 Å². The van der Waals surface area contributed by atoms with Gasteiger partial charge in [-0.2, -0.15) is 0 Å². The molecule has 4 nitrogen and oxygen atoms in total. The maximum Gasteiger partial charge on any atom is 0.335 e. The van der Waals surface area contributed by atoms with Crippen molar-refractivity contribution in [1.29, 1.82) is 0 Å². The van der Waals surface area contributed by atoms with Crippen LogP contribution >= 0.6 is 0 Å². The minimum atomic E-state index is -1.16. The second-order valence-corrected chi connectivity index (χ2v) is 4.69. The molecule has 0 unspecified atom stereocenters. The number of pyridine rings is 1. The lowest BCUT2D eigenvalue weighted by Gasteiger charge is -2.11. The Bertz CT molecular complexity index is 671. The number of aromatic carboxylic acids is 1. The molecule has 0 aliphatic rings. The van der Waals surface area contributed by atoms with Crippen molar-refractivity contribution >= 4 is 5.97 Å². The molecule has 110 valence electrons. The number of rotatable bonds is 5. The summed E-state index contributed by atoms with van der Waals surface area (Å²) in [7, 11) is 0. The summed E-state index contributed by atoms with van der Waals surface area (Å²) < 4.78 is 19.0. The van der Waals surface area contributed by atoms with Gasteiger partial charge in [0.1, 0.15) is 18.2 Å². The van der Waals surface area contributed by atoms with Crippen molar-refractivity contribution in [3.05, 3.63) is 58.7 Å². The summed E-state index contributed by atoms with van der Waals surface area (Å²) >= 11 is 0. The van der Waals surface area contributed by atoms with E-state index in [2.05, 4.69) is 4.98 Å². The molecule has 1 aromatic carbocycles. The lowest BCUT2D eigenvalue weighted by Crippen LogP contribution is -2.04. The number of carboxylic acid groups (broad SMARTS) is 1. The third-order valence-electron chi connectivity index (χ3n) is 3.01. The zero-order valence-corrected chi connectivity index (χ0v) is 11.9. The minimum Gasteiger partial charge on any atom is -0.487 e. The van der Waals surface area contributed by atoms with E-state index in [4.69, 9.17) is 9.84 Å². The first-order valence-corrected chi connectivity index (χ1v) is 6.61. The molecule has 0 aliphatic heterocycles. The largest absolute Gasteiger partial charge is 0.487 e. The van der Waals surface area contributed by atoms with Crippen LogP contribution in [0.2, 0.25) is 0 Å². The Morgan fingerprint density at radius 2 is 2.10 bits per heavy atom. The number of nitrogens with zero attached hydrogens (tertiary/aromatic N) is 1. The van der Waals surface area contributed by atoms with Gasteiger partial charge >= 0.3 is 5.97 Å². The summed E-state index contributed by atoms with van der Waals surface area (Å²) in [6.07, 6.45) is 0.723. The van der Waals surface area contributed by atoms with E-state index < -0.39 is 11.8 Å². The van der Waals surface area contributed by atoms with E-state index >= 15 is 0 Å². The standard InChI is InChI=1S/C16H16FNO3/c1-3-14-15(5-4-10(2)18-14)21-9-11-6-12(16(19)20)8-13(17)7-11/h4-8H,3,9H2,1-2H3,(H,19,20). The molecule has 1 N–H and O–H groups in total. The molecule has 0 aliphatic carbocycles. The van der Waals surface area contributed by atoms with Gasteiger partial charge < -0.3 is 9.84 Å². The first-order valence-electron chi connectivity index (χ1n) is 6.61. The van der Waals surface area contributed by atoms with Gasteiger partial charge in [0.05, 0.1) is 11.3 Å². The summed E-state index contributed by atoms with van der Waals surface area (Å²) in [4.78, 5) is 15.3. The molecule has 0 saturated carbocycles. The van der Waals surface area contributed by atoms with E-state index in [1.54, 1.807) is 0 Å². The van der Waals surface area contributed by atoms with E-state index in [1.165, 1.54) is 12.1 Å². The highest BCUT2D eigenvalue weighted by atomic mass is 19.1. The van der Waals surface area contributed by atoms with Crippen molar-refractivity contribution in [1.82, 2.24) is 4.98 Å². The third kappa shape index (κ3) is 3.78. The van der Waals surface area contributed by atoms with Gasteiger partial charge in [0.15, 0.2) is 0 Å². The second-order valence-electron chi connectivity index (χ2n) is 4.69. The highest BCUT2D eigenvalue weighted by molar-refractivity contribution is 5.87. The van der Waals surface area contributed by atoms with Gasteiger partial charge in [0, 0.05) is 5.69 Å². The van der Waals surface area contributed by atoms with Crippen LogP contribution < -0.4 is 4.74 Å². The van der Waals surface area contributed by atoms with Crippen LogP contribution in [0.15, 0.2) is 30.3 Å². The molecule has 0 spiro atoms. The van der Waals surface area contributed by atoms with Crippen LogP contribution in [0.3, 0.4) is 0 Å². The summed E-state index contributed by atoms with van der Waals surface area (Å²) in [5.74, 6) is -1.13. The maximum atomic E-state index is 13.4. The summed E-state index contributed by atoms with van der Waals surface area (Å²) in [5, 5.41) is 8.91. The molecule has 2 aromatic rings. The van der Waals surface area contributed by atoms with E-state index in [1.807, 2.05) is 26.0 Å². The average Bonchev–Trinajstić information content (AvgIpc) is 2.45. The van der Waals surface area contributed by atoms with Crippen molar-refractivity contribution in [3.63, 3.8) is 0 Å². The Morgan fingerprint density at radius 1 is 1.33 bits per heavy atom. The average molecular weight is 289 g/mol. The van der Waals surface area contributed by atoms with Gasteiger partial charge in [-0.25, -0.2) is 9.18 Å². The lowest BCUT2D eigenvalue weighted by molar-refractivity contribution is 0.0696. The fourth-order valence-electron chi connectivity index (χ4n) is 2.00. The number of aryl methyl sites for hydroxylation is 2. The van der Waals surface area contributed by atoms with E-state index in [9.17, 15) is 9.18 Å². The Hall–Kier alpha value is -2.43. The zero-order chi connectivity index (χ0) is 15.4. The number of aromatic nitrogens is 1. The smallest absolute Gasteiger partial charge is 0.335 e. The number of hydrogen-bond donors (Lipinski definition) is 1. The molecule has 5 heteroatoms. The van der Waals surface area contributed by atoms with Crippen molar-refractivity contribution in [3.8, 4) is 5.75 Å². The fourth-order valence-corrected chi connectivity index (χ4v) is 2.00. The molecular formula is C16H16FNO3. The monoisotopic (exact) mass is 289 g/mol. The van der Waals surface area contributed by atoms with Gasteiger partial charge in [-0.15, -0.1) is 0 Å². The Kier molecular flexibility index (Phi) is 4.52. The number of carbonyl (C=O) groups is 1. The number of benzene rings is 1. The molecule has 0 fully saturated rings. The first kappa shape index (κ1) is 15.0. The van der Waals surface area contributed by atoms with Gasteiger partial charge in [-0.3, -0.25) is 4.98 Å². The quantitative estimate of drug-likeness (QED) is 0.916. The number of carboxylic acids is 1. The molecular weight excluding hydrogens is 273 g/mol. The second kappa shape index (κ2) is 6.35. The molecule has 0 bridgehead atoms. The third-order valence-corrected chi connectivity index (χ3v) is 3.01. The molecule has 1 aromatic heterocycles. The molecule has 0 radical (unpaired) electrons. The van der Waals surface area contributed by atoms with Gasteiger partial charge in [-0.05, 0) is 49.2 Å². The first-order chi connectivity index (χ1) is 9.99. The number of hydrogen-bond acceptors (Lipinski definition) is 3. The van der Waals surface area contributed by atoms with Crippen LogP contribution in [-0.4, -0.2) is 16.1 Å². The molecule has 0 atom stereocenters. The van der Waals surface area contributed by atoms with Gasteiger partial charge in [0.2, 0.25) is 0 Å². The minimum absolute atomic E-state index is 0.0913. The van der Waals surface area contributed by atoms with Crippen molar-refractivity contribution in [2.24, 2.45) is 0 Å². The van der Waals surface area contributed by atoms with E-state index in [0.717, 1.165) is 23.9 Å². The van der Waals surface area contributed by atoms with Crippen molar-refractivity contribution in [2.45, 2.75) is 26.9 Å². The van der Waals surface area contributed by atoms with Gasteiger partial charge in [0.25, 0.3) is 0 Å². The maximum absolute atomic E-state index is 13.4. The van der Waals surface area contributed by atoms with E-state index in [0.29, 0.717) is 11.3 Å². The van der Waals surface area contributed by atoms with Crippen LogP contribution in [0.25, 0.3) is 0 Å². The normalized spacial score (nSPS) is 10.4. The predicted molar refractivity (Wildman–Crippen MR) is 76.0 cm³/mol. The SMILES string of the molecule is CCc1nc(C)ccc1OCc1cc(F)cc(C(=O)O)c1. The predicted octanol–water partition coefficient (Wildman–Crippen LogP) is 3.37. The molecule has 2 rings (SSSR count). The molecule has 21 heavy (non-hydrogen) atoms. The zero-order valence-electron chi connectivity index (χ0n) is 11.9. The summed E-state index contributed by atoms with van der Waals surface area (Å²) in [5.41, 5.74) is 2.10. The van der Waals surface area contributed by atoms with Crippen molar-refractivity contribution in [2.75, 3.05) is 0 Å². The topological polar surface area (TPSA) is 59.4 Å². The number of halogens is 1. The Morgan fingerprint density at radius 3 is 2.76 bits per heavy atom. The van der Waals surface area contributed by atoms with Gasteiger partial charge in [-0.1, -0.05) is 6.92 Å². The van der Waals surface area contributed by atoms with E-state index in [-0.39, 0.29) is 12.2 Å². The molecule has 0 saturated heterocycles. The highest BCUT2D eigenvalue weighted by Gasteiger charge is 2.09. The molecule has 1 heterocycles. The summed E-state index contributed by atoms with van der Waals surface area (Å²) in [6, 6.07) is 7.30. The van der Waals surface area contributed by atoms with Crippen LogP contribution in [0.1, 0.15) is 34.2 Å². The van der Waals surface area contributed by atoms with Crippen LogP contribution in [0.4, 0.5) is 4.39 Å². The van der Waals surface area contributed by atoms with Crippen LogP contribution in [0.5, 0.6) is 5.75 Å². The Balaban J connectivity index is 2.18. The molecule has 0 amide bonds. The highest BCUT2D eigenvalue weighted by Crippen LogP contribution is 2.19. The van der Waals surface area contributed by atoms with Crippen LogP contribution in [0, 0.1) is 12.7 Å². The van der Waals surface area contributed by atoms with Crippen LogP contribution in [-0.2, 0) is 13.0 Å². The summed E-state index contributed by atoms with van der Waals surface area (Å²) in [6.45, 7) is 3.96. The lowest BCUT2D eigenvalue weighted by atomic mass is 10.1. The Labute approximate surface area is 122 Å².